The number of phenolic OH excluding ortho intramolecular Hbond substituents is 1. The Morgan fingerprint density at radius 3 is 2.76 bits per heavy atom. The Balaban J connectivity index is 2.20. The number of anilines is 1. The molecule has 0 aliphatic carbocycles. The third kappa shape index (κ3) is 2.20. The predicted molar refractivity (Wildman–Crippen MR) is 60.7 cm³/mol. The Kier molecular flexibility index (Phi) is 2.70. The van der Waals surface area contributed by atoms with Gasteiger partial charge in [0.15, 0.2) is 17.2 Å². The third-order valence-corrected chi connectivity index (χ3v) is 2.19. The topological polar surface area (TPSA) is 90.4 Å². The molecule has 0 radical (unpaired) electrons. The number of hydrogen-bond donors (Lipinski definition) is 2. The highest BCUT2D eigenvalue weighted by atomic mass is 16.5. The largest absolute Gasteiger partial charge is 0.504 e. The van der Waals surface area contributed by atoms with Gasteiger partial charge in [-0.05, 0) is 12.1 Å². The molecule has 6 heteroatoms. The normalized spacial score (nSPS) is 10.2. The molecule has 0 aliphatic rings. The van der Waals surface area contributed by atoms with Crippen molar-refractivity contribution in [1.82, 2.24) is 9.78 Å². The highest BCUT2D eigenvalue weighted by molar-refractivity contribution is 5.90. The van der Waals surface area contributed by atoms with Gasteiger partial charge in [-0.3, -0.25) is 4.68 Å². The van der Waals surface area contributed by atoms with Crippen LogP contribution in [-0.2, 0) is 7.05 Å². The average Bonchev–Trinajstić information content (AvgIpc) is 2.63. The van der Waals surface area contributed by atoms with Crippen LogP contribution in [0.4, 0.5) is 5.82 Å². The molecule has 0 saturated heterocycles. The first-order chi connectivity index (χ1) is 8.08. The fraction of sp³-hybridized carbons (Fsp3) is 0.0909. The summed E-state index contributed by atoms with van der Waals surface area (Å²) < 4.78 is 6.34. The maximum absolute atomic E-state index is 11.7. The minimum absolute atomic E-state index is 0.0849. The number of benzene rings is 1. The van der Waals surface area contributed by atoms with Gasteiger partial charge in [0.2, 0.25) is 0 Å². The molecule has 0 spiro atoms. The lowest BCUT2D eigenvalue weighted by atomic mass is 10.3. The van der Waals surface area contributed by atoms with E-state index in [0.717, 1.165) is 0 Å². The number of nitrogens with two attached hydrogens (primary N) is 1. The predicted octanol–water partition coefficient (Wildman–Crippen LogP) is 0.927. The first kappa shape index (κ1) is 11.0. The van der Waals surface area contributed by atoms with Crippen molar-refractivity contribution in [1.29, 1.82) is 0 Å². The first-order valence-corrected chi connectivity index (χ1v) is 4.87. The third-order valence-electron chi connectivity index (χ3n) is 2.19. The zero-order chi connectivity index (χ0) is 12.4. The SMILES string of the molecule is Cn1nc(C(=O)Oc2ccccc2O)cc1N. The monoisotopic (exact) mass is 233 g/mol. The zero-order valence-electron chi connectivity index (χ0n) is 9.12. The van der Waals surface area contributed by atoms with E-state index in [1.165, 1.54) is 22.9 Å². The Morgan fingerprint density at radius 2 is 2.18 bits per heavy atom. The molecule has 0 aliphatic heterocycles. The van der Waals surface area contributed by atoms with Crippen LogP contribution >= 0.6 is 0 Å². The Bertz CT molecular complexity index is 543. The van der Waals surface area contributed by atoms with Crippen LogP contribution in [0.25, 0.3) is 0 Å². The molecular formula is C11H11N3O3. The second-order valence-corrected chi connectivity index (χ2v) is 3.44. The molecule has 0 amide bonds. The van der Waals surface area contributed by atoms with E-state index < -0.39 is 5.97 Å². The van der Waals surface area contributed by atoms with E-state index in [-0.39, 0.29) is 17.2 Å². The standard InChI is InChI=1S/C11H11N3O3/c1-14-10(12)6-7(13-14)11(16)17-9-5-3-2-4-8(9)15/h2-6,15H,12H2,1H3. The second-order valence-electron chi connectivity index (χ2n) is 3.44. The molecule has 0 saturated carbocycles. The van der Waals surface area contributed by atoms with E-state index in [1.807, 2.05) is 0 Å². The van der Waals surface area contributed by atoms with Crippen LogP contribution in [0.15, 0.2) is 30.3 Å². The zero-order valence-corrected chi connectivity index (χ0v) is 9.12. The van der Waals surface area contributed by atoms with Gasteiger partial charge in [-0.25, -0.2) is 4.79 Å². The van der Waals surface area contributed by atoms with E-state index >= 15 is 0 Å². The smallest absolute Gasteiger partial charge is 0.364 e. The van der Waals surface area contributed by atoms with Crippen LogP contribution in [0.5, 0.6) is 11.5 Å². The van der Waals surface area contributed by atoms with Crippen LogP contribution in [0.2, 0.25) is 0 Å². The van der Waals surface area contributed by atoms with Crippen molar-refractivity contribution < 1.29 is 14.6 Å². The maximum atomic E-state index is 11.7. The number of para-hydroxylation sites is 2. The second kappa shape index (κ2) is 4.17. The number of aromatic nitrogens is 2. The molecule has 1 aromatic carbocycles. The average molecular weight is 233 g/mol. The van der Waals surface area contributed by atoms with Gasteiger partial charge >= 0.3 is 5.97 Å². The molecule has 6 nitrogen and oxygen atoms in total. The number of rotatable bonds is 2. The van der Waals surface area contributed by atoms with Crippen molar-refractivity contribution >= 4 is 11.8 Å². The molecule has 2 rings (SSSR count). The Hall–Kier alpha value is -2.50. The molecule has 3 N–H and O–H groups in total. The number of ether oxygens (including phenoxy) is 1. The van der Waals surface area contributed by atoms with Crippen molar-refractivity contribution in [3.63, 3.8) is 0 Å². The Labute approximate surface area is 97.2 Å². The number of nitrogen functional groups attached to an aromatic ring is 1. The van der Waals surface area contributed by atoms with Gasteiger partial charge in [-0.1, -0.05) is 12.1 Å². The van der Waals surface area contributed by atoms with Gasteiger partial charge in [-0.15, -0.1) is 0 Å². The van der Waals surface area contributed by atoms with Gasteiger partial charge in [0.25, 0.3) is 0 Å². The van der Waals surface area contributed by atoms with E-state index in [0.29, 0.717) is 5.82 Å². The number of aromatic hydroxyl groups is 1. The maximum Gasteiger partial charge on any atom is 0.364 e. The van der Waals surface area contributed by atoms with Crippen molar-refractivity contribution in [2.75, 3.05) is 5.73 Å². The molecule has 1 aromatic heterocycles. The van der Waals surface area contributed by atoms with Crippen molar-refractivity contribution in [2.45, 2.75) is 0 Å². The summed E-state index contributed by atoms with van der Waals surface area (Å²) >= 11 is 0. The Morgan fingerprint density at radius 1 is 1.47 bits per heavy atom. The number of nitrogens with zero attached hydrogens (tertiary/aromatic N) is 2. The lowest BCUT2D eigenvalue weighted by molar-refractivity contribution is 0.0722. The summed E-state index contributed by atoms with van der Waals surface area (Å²) in [5, 5.41) is 13.3. The van der Waals surface area contributed by atoms with Crippen LogP contribution in [0.1, 0.15) is 10.5 Å². The molecule has 1 heterocycles. The fourth-order valence-corrected chi connectivity index (χ4v) is 1.28. The first-order valence-electron chi connectivity index (χ1n) is 4.87. The summed E-state index contributed by atoms with van der Waals surface area (Å²) in [5.74, 6) is -0.334. The quantitative estimate of drug-likeness (QED) is 0.594. The van der Waals surface area contributed by atoms with Crippen LogP contribution in [0, 0.1) is 0 Å². The van der Waals surface area contributed by atoms with E-state index in [9.17, 15) is 9.90 Å². The lowest BCUT2D eigenvalue weighted by Gasteiger charge is -2.03. The molecule has 2 aromatic rings. The highest BCUT2D eigenvalue weighted by Crippen LogP contribution is 2.25. The van der Waals surface area contributed by atoms with Crippen LogP contribution < -0.4 is 10.5 Å². The molecule has 0 atom stereocenters. The summed E-state index contributed by atoms with van der Waals surface area (Å²) in [6.07, 6.45) is 0. The van der Waals surface area contributed by atoms with E-state index in [2.05, 4.69) is 5.10 Å². The van der Waals surface area contributed by atoms with Gasteiger partial charge in [0, 0.05) is 13.1 Å². The summed E-state index contributed by atoms with van der Waals surface area (Å²) in [7, 11) is 1.62. The van der Waals surface area contributed by atoms with Crippen molar-refractivity contribution in [3.05, 3.63) is 36.0 Å². The van der Waals surface area contributed by atoms with Gasteiger partial charge in [-0.2, -0.15) is 5.10 Å². The lowest BCUT2D eigenvalue weighted by Crippen LogP contribution is -2.09. The highest BCUT2D eigenvalue weighted by Gasteiger charge is 2.15. The molecule has 0 fully saturated rings. The number of carbonyl (C=O) groups excluding carboxylic acids is 1. The number of phenols is 1. The van der Waals surface area contributed by atoms with Crippen molar-refractivity contribution in [2.24, 2.45) is 7.05 Å². The summed E-state index contributed by atoms with van der Waals surface area (Å²) in [5.41, 5.74) is 5.64. The number of aryl methyl sites for hydroxylation is 1. The van der Waals surface area contributed by atoms with Crippen LogP contribution in [-0.4, -0.2) is 20.9 Å². The molecule has 0 unspecified atom stereocenters. The van der Waals surface area contributed by atoms with Crippen LogP contribution in [0.3, 0.4) is 0 Å². The number of carbonyl (C=O) groups is 1. The number of esters is 1. The summed E-state index contributed by atoms with van der Waals surface area (Å²) in [6, 6.07) is 7.60. The molecular weight excluding hydrogens is 222 g/mol. The molecule has 0 bridgehead atoms. The minimum Gasteiger partial charge on any atom is -0.504 e. The summed E-state index contributed by atoms with van der Waals surface area (Å²) in [6.45, 7) is 0. The fourth-order valence-electron chi connectivity index (χ4n) is 1.28. The summed E-state index contributed by atoms with van der Waals surface area (Å²) in [4.78, 5) is 11.7. The van der Waals surface area contributed by atoms with Crippen molar-refractivity contribution in [3.8, 4) is 11.5 Å². The molecule has 17 heavy (non-hydrogen) atoms. The van der Waals surface area contributed by atoms with Gasteiger partial charge < -0.3 is 15.6 Å². The van der Waals surface area contributed by atoms with E-state index in [4.69, 9.17) is 10.5 Å². The van der Waals surface area contributed by atoms with Gasteiger partial charge in [0.1, 0.15) is 5.82 Å². The number of hydrogen-bond acceptors (Lipinski definition) is 5. The van der Waals surface area contributed by atoms with E-state index in [1.54, 1.807) is 19.2 Å². The minimum atomic E-state index is -0.668. The van der Waals surface area contributed by atoms with Gasteiger partial charge in [0.05, 0.1) is 0 Å². The molecule has 88 valence electrons.